The quantitative estimate of drug-likeness (QED) is 0.363. The molecule has 42 heavy (non-hydrogen) atoms. The maximum atomic E-state index is 14.0. The molecule has 1 aliphatic carbocycles. The summed E-state index contributed by atoms with van der Waals surface area (Å²) in [5, 5.41) is 2.96. The van der Waals surface area contributed by atoms with Crippen molar-refractivity contribution in [2.75, 3.05) is 55.8 Å². The number of nitrogens with zero attached hydrogens (tertiary/aromatic N) is 5. The number of alkyl halides is 2. The number of rotatable bonds is 8. The largest absolute Gasteiger partial charge is 0.378 e. The van der Waals surface area contributed by atoms with Crippen molar-refractivity contribution in [3.63, 3.8) is 0 Å². The van der Waals surface area contributed by atoms with Crippen molar-refractivity contribution in [3.8, 4) is 5.82 Å². The lowest BCUT2D eigenvalue weighted by atomic mass is 9.85. The van der Waals surface area contributed by atoms with E-state index >= 15 is 0 Å². The highest BCUT2D eigenvalue weighted by molar-refractivity contribution is 7.91. The lowest BCUT2D eigenvalue weighted by Gasteiger charge is -2.28. The fourth-order valence-electron chi connectivity index (χ4n) is 5.96. The topological polar surface area (TPSA) is 102 Å². The highest BCUT2D eigenvalue weighted by atomic mass is 32.2. The van der Waals surface area contributed by atoms with Gasteiger partial charge >= 0.3 is 0 Å². The third kappa shape index (κ3) is 8.23. The molecule has 6 rings (SSSR count). The first kappa shape index (κ1) is 30.7. The summed E-state index contributed by atoms with van der Waals surface area (Å²) >= 11 is 0. The van der Waals surface area contributed by atoms with E-state index in [-0.39, 0.29) is 5.82 Å². The highest BCUT2D eigenvalue weighted by Crippen LogP contribution is 2.30. The molecule has 2 aromatic heterocycles. The first-order valence-electron chi connectivity index (χ1n) is 15.3. The summed E-state index contributed by atoms with van der Waals surface area (Å²) in [7, 11) is -2.65. The monoisotopic (exact) mass is 604 g/mol. The van der Waals surface area contributed by atoms with Crippen LogP contribution in [0.5, 0.6) is 0 Å². The molecule has 3 fully saturated rings. The minimum atomic E-state index is -2.70. The number of imidazole rings is 1. The van der Waals surface area contributed by atoms with Crippen LogP contribution in [0.3, 0.4) is 0 Å². The number of ether oxygens (including phenoxy) is 1. The van der Waals surface area contributed by atoms with E-state index in [1.165, 1.54) is 43.1 Å². The third-order valence-electron chi connectivity index (χ3n) is 8.26. The third-order valence-corrected chi connectivity index (χ3v) is 9.91. The highest BCUT2D eigenvalue weighted by Gasteiger charge is 2.23. The molecule has 0 amide bonds. The van der Waals surface area contributed by atoms with Crippen LogP contribution in [-0.4, -0.2) is 78.8 Å². The van der Waals surface area contributed by atoms with E-state index < -0.39 is 16.3 Å². The zero-order valence-corrected chi connectivity index (χ0v) is 25.0. The predicted molar refractivity (Wildman–Crippen MR) is 160 cm³/mol. The Morgan fingerprint density at radius 1 is 0.952 bits per heavy atom. The molecule has 3 aliphatic rings. The van der Waals surface area contributed by atoms with Crippen LogP contribution in [0.15, 0.2) is 30.3 Å². The van der Waals surface area contributed by atoms with E-state index in [1.807, 2.05) is 24.3 Å². The molecule has 3 aromatic rings. The Morgan fingerprint density at radius 3 is 2.36 bits per heavy atom. The van der Waals surface area contributed by atoms with Gasteiger partial charge in [0.2, 0.25) is 0 Å². The summed E-state index contributed by atoms with van der Waals surface area (Å²) in [6.07, 6.45) is 8.30. The number of morpholine rings is 1. The van der Waals surface area contributed by atoms with E-state index in [2.05, 4.69) is 15.2 Å². The molecule has 1 N–H and O–H groups in total. The maximum absolute atomic E-state index is 14.0. The smallest absolute Gasteiger partial charge is 0.296 e. The van der Waals surface area contributed by atoms with E-state index in [9.17, 15) is 17.2 Å². The molecule has 2 aliphatic heterocycles. The Morgan fingerprint density at radius 2 is 1.67 bits per heavy atom. The average Bonchev–Trinajstić information content (AvgIpc) is 3.41. The van der Waals surface area contributed by atoms with Crippen molar-refractivity contribution >= 4 is 26.7 Å². The summed E-state index contributed by atoms with van der Waals surface area (Å²) < 4.78 is 56.2. The second-order valence-electron chi connectivity index (χ2n) is 11.3. The van der Waals surface area contributed by atoms with Crippen molar-refractivity contribution in [2.45, 2.75) is 64.2 Å². The van der Waals surface area contributed by atoms with Gasteiger partial charge in [0.15, 0.2) is 15.7 Å². The lowest BCUT2D eigenvalue weighted by molar-refractivity contribution is 0.122. The molecule has 1 aromatic carbocycles. The van der Waals surface area contributed by atoms with Crippen LogP contribution >= 0.6 is 0 Å². The number of unbranched alkanes of at least 4 members (excludes halogenated alkanes) is 1. The molecule has 12 heteroatoms. The van der Waals surface area contributed by atoms with Crippen molar-refractivity contribution in [1.29, 1.82) is 0 Å². The summed E-state index contributed by atoms with van der Waals surface area (Å²) in [5.41, 5.74) is 1.17. The Balaban J connectivity index is 0.000000382. The van der Waals surface area contributed by atoms with Crippen molar-refractivity contribution < 1.29 is 21.9 Å². The van der Waals surface area contributed by atoms with Gasteiger partial charge in [0.1, 0.15) is 17.5 Å². The summed E-state index contributed by atoms with van der Waals surface area (Å²) in [5.74, 6) is 3.14. The van der Waals surface area contributed by atoms with Gasteiger partial charge in [-0.15, -0.1) is 0 Å². The summed E-state index contributed by atoms with van der Waals surface area (Å²) in [6, 6.07) is 9.04. The molecular formula is C30H42F2N6O3S. The number of aryl methyl sites for hydroxylation is 1. The van der Waals surface area contributed by atoms with Gasteiger partial charge in [0.05, 0.1) is 35.8 Å². The molecule has 4 heterocycles. The van der Waals surface area contributed by atoms with Gasteiger partial charge in [-0.05, 0) is 24.5 Å². The number of hydrogen-bond donors (Lipinski definition) is 1. The van der Waals surface area contributed by atoms with Crippen LogP contribution in [0.25, 0.3) is 16.9 Å². The molecule has 0 spiro atoms. The molecular weight excluding hydrogens is 562 g/mol. The molecule has 230 valence electrons. The number of halogens is 2. The molecule has 0 radical (unpaired) electrons. The number of aromatic nitrogens is 4. The number of fused-ring (bicyclic) bond motifs is 1. The van der Waals surface area contributed by atoms with E-state index in [0.29, 0.717) is 60.5 Å². The van der Waals surface area contributed by atoms with Gasteiger partial charge in [-0.2, -0.15) is 0 Å². The summed E-state index contributed by atoms with van der Waals surface area (Å²) in [4.78, 5) is 16.0. The predicted octanol–water partition coefficient (Wildman–Crippen LogP) is 4.89. The maximum Gasteiger partial charge on any atom is 0.296 e. The molecule has 1 saturated carbocycles. The first-order chi connectivity index (χ1) is 20.4. The van der Waals surface area contributed by atoms with Crippen molar-refractivity contribution in [1.82, 2.24) is 24.8 Å². The Labute approximate surface area is 247 Å². The molecule has 9 nitrogen and oxygen atoms in total. The number of sulfone groups is 1. The Hall–Kier alpha value is -2.70. The molecule has 0 bridgehead atoms. The van der Waals surface area contributed by atoms with Gasteiger partial charge in [-0.1, -0.05) is 57.1 Å². The van der Waals surface area contributed by atoms with Crippen LogP contribution in [0, 0.1) is 5.92 Å². The van der Waals surface area contributed by atoms with Crippen LogP contribution in [0.4, 0.5) is 14.6 Å². The van der Waals surface area contributed by atoms with E-state index in [0.717, 1.165) is 44.1 Å². The van der Waals surface area contributed by atoms with Gasteiger partial charge in [0.25, 0.3) is 6.43 Å². The summed E-state index contributed by atoms with van der Waals surface area (Å²) in [6.45, 7) is 3.97. The number of nitrogens with one attached hydrogen (secondary N) is 1. The second-order valence-corrected chi connectivity index (χ2v) is 13.7. The normalized spacial score (nSPS) is 19.5. The van der Waals surface area contributed by atoms with Gasteiger partial charge in [0, 0.05) is 38.7 Å². The second kappa shape index (κ2) is 14.7. The lowest BCUT2D eigenvalue weighted by Crippen LogP contribution is -2.37. The van der Waals surface area contributed by atoms with Crippen LogP contribution in [-0.2, 0) is 21.0 Å². The Bertz CT molecular complexity index is 1390. The number of benzene rings is 1. The van der Waals surface area contributed by atoms with Crippen LogP contribution in [0.1, 0.15) is 69.4 Å². The molecule has 0 unspecified atom stereocenters. The zero-order valence-electron chi connectivity index (χ0n) is 24.2. The molecule has 0 atom stereocenters. The van der Waals surface area contributed by atoms with Gasteiger partial charge < -0.3 is 15.0 Å². The number of hydrogen-bond acceptors (Lipinski definition) is 8. The fraction of sp³-hybridized carbons (Fsp3) is 0.633. The van der Waals surface area contributed by atoms with Gasteiger partial charge in [-0.25, -0.2) is 32.2 Å². The standard InChI is InChI=1S/C26H33F2N5O.C4H9NO2S/c27-25(28)26-29-20-11-5-6-12-21(20)33(26)24-18-23(32-14-16-34-17-15-32)30-22(31-24)13-7-4-10-19-8-2-1-3-9-19;6-8(7)3-1-5-2-4-8/h5-6,11-12,18-19,25H,1-4,7-10,13-17H2;5H,1-4H2. The zero-order chi connectivity index (χ0) is 29.4. The van der Waals surface area contributed by atoms with E-state index in [1.54, 1.807) is 6.07 Å². The Kier molecular flexibility index (Phi) is 10.7. The van der Waals surface area contributed by atoms with Crippen LogP contribution in [0.2, 0.25) is 0 Å². The van der Waals surface area contributed by atoms with Crippen LogP contribution < -0.4 is 10.2 Å². The van der Waals surface area contributed by atoms with Crippen molar-refractivity contribution in [2.24, 2.45) is 5.92 Å². The number of anilines is 1. The number of para-hydroxylation sites is 2. The minimum absolute atomic E-state index is 0.281. The SMILES string of the molecule is FC(F)c1nc2ccccc2n1-c1cc(N2CCOCC2)nc(CCCCC2CCCCC2)n1.O=S1(=O)CCNCC1. The first-order valence-corrected chi connectivity index (χ1v) is 17.1. The van der Waals surface area contributed by atoms with E-state index in [4.69, 9.17) is 14.7 Å². The molecule has 2 saturated heterocycles. The average molecular weight is 605 g/mol. The minimum Gasteiger partial charge on any atom is -0.378 e. The van der Waals surface area contributed by atoms with Gasteiger partial charge in [-0.3, -0.25) is 4.57 Å². The van der Waals surface area contributed by atoms with Crippen molar-refractivity contribution in [3.05, 3.63) is 42.0 Å². The fourth-order valence-corrected chi connectivity index (χ4v) is 7.07.